The zero-order valence-corrected chi connectivity index (χ0v) is 30.7. The molecular formula is C39H57N7O2. The molecule has 2 atom stereocenters. The Bertz CT molecular complexity index is 1520. The maximum atomic E-state index is 13.1. The van der Waals surface area contributed by atoms with E-state index in [4.69, 9.17) is 20.4 Å². The third-order valence-corrected chi connectivity index (χ3v) is 8.70. The largest absolute Gasteiger partial charge is 0.457 e. The number of hydrogen-bond donors (Lipinski definition) is 1. The number of allylic oxidation sites excluding steroid dienone is 1. The van der Waals surface area contributed by atoms with Crippen LogP contribution in [0.5, 0.6) is 5.75 Å². The highest BCUT2D eigenvalue weighted by Gasteiger charge is 2.18. The van der Waals surface area contributed by atoms with Crippen molar-refractivity contribution in [3.05, 3.63) is 88.6 Å². The van der Waals surface area contributed by atoms with Gasteiger partial charge in [-0.1, -0.05) is 39.3 Å². The summed E-state index contributed by atoms with van der Waals surface area (Å²) in [5.74, 6) is 2.90. The standard InChI is InChI=1S/C39H57N7O2/c1-10-28(3)14-12-22-45(37(47)15-13-21-44(8)9)23-18-29(4)35-27-31(6)38(42-32(35)7)39(40)43-33-16-17-36(30(5)26-33)48-34-19-24-46(25-20-34)41-11-2/h11,13,15-17,19-20,24,26-29H,10,12,14,18,21-23,25H2,1-9H3,(H2,40,43)/b15-13+,41-11-. The fourth-order valence-electron chi connectivity index (χ4n) is 5.54. The zero-order chi connectivity index (χ0) is 35.2. The van der Waals surface area contributed by atoms with Gasteiger partial charge in [-0.05, 0) is 120 Å². The summed E-state index contributed by atoms with van der Waals surface area (Å²) in [4.78, 5) is 26.8. The van der Waals surface area contributed by atoms with Crippen LogP contribution in [-0.4, -0.2) is 78.0 Å². The van der Waals surface area contributed by atoms with Crippen LogP contribution in [0.4, 0.5) is 5.69 Å². The van der Waals surface area contributed by atoms with Crippen molar-refractivity contribution in [3.8, 4) is 5.75 Å². The molecule has 1 amide bonds. The number of likely N-dealkylation sites (N-methyl/N-ethyl adjacent to an activating group) is 1. The van der Waals surface area contributed by atoms with E-state index in [9.17, 15) is 4.79 Å². The maximum Gasteiger partial charge on any atom is 0.246 e. The van der Waals surface area contributed by atoms with Gasteiger partial charge in [0.2, 0.25) is 5.91 Å². The van der Waals surface area contributed by atoms with Gasteiger partial charge in [-0.25, -0.2) is 9.98 Å². The topological polar surface area (TPSA) is 99.6 Å². The Morgan fingerprint density at radius 3 is 2.54 bits per heavy atom. The molecule has 1 aliphatic rings. The molecular weight excluding hydrogens is 598 g/mol. The summed E-state index contributed by atoms with van der Waals surface area (Å²) in [6, 6.07) is 7.96. The Labute approximate surface area is 289 Å². The molecule has 2 unspecified atom stereocenters. The van der Waals surface area contributed by atoms with E-state index in [0.29, 0.717) is 30.5 Å². The predicted octanol–water partition coefficient (Wildman–Crippen LogP) is 7.41. The number of carbonyl (C=O) groups excluding carboxylic acids is 1. The zero-order valence-electron chi connectivity index (χ0n) is 30.7. The van der Waals surface area contributed by atoms with E-state index in [2.05, 4.69) is 36.8 Å². The van der Waals surface area contributed by atoms with Crippen LogP contribution >= 0.6 is 0 Å². The first-order chi connectivity index (χ1) is 22.9. The molecule has 0 bridgehead atoms. The van der Waals surface area contributed by atoms with E-state index in [1.807, 2.05) is 94.3 Å². The lowest BCUT2D eigenvalue weighted by Crippen LogP contribution is -2.32. The second kappa shape index (κ2) is 18.9. The minimum absolute atomic E-state index is 0.0882. The van der Waals surface area contributed by atoms with E-state index in [1.54, 1.807) is 12.3 Å². The van der Waals surface area contributed by atoms with Crippen LogP contribution in [0.15, 0.2) is 70.6 Å². The highest BCUT2D eigenvalue weighted by atomic mass is 16.5. The second-order valence-electron chi connectivity index (χ2n) is 13.1. The number of aryl methyl sites for hydroxylation is 3. The molecule has 0 aliphatic carbocycles. The molecule has 3 rings (SSSR count). The Kier molecular flexibility index (Phi) is 15.1. The number of hydrogen-bond acceptors (Lipinski definition) is 7. The third kappa shape index (κ3) is 11.8. The number of ether oxygens (including phenoxy) is 1. The highest BCUT2D eigenvalue weighted by molar-refractivity contribution is 5.98. The smallest absolute Gasteiger partial charge is 0.246 e. The maximum absolute atomic E-state index is 13.1. The molecule has 2 heterocycles. The summed E-state index contributed by atoms with van der Waals surface area (Å²) in [5.41, 5.74) is 12.0. The molecule has 1 aromatic carbocycles. The van der Waals surface area contributed by atoms with Gasteiger partial charge in [0.25, 0.3) is 0 Å². The number of pyridine rings is 1. The summed E-state index contributed by atoms with van der Waals surface area (Å²) >= 11 is 0. The molecule has 1 aliphatic heterocycles. The van der Waals surface area contributed by atoms with Gasteiger partial charge < -0.3 is 20.3 Å². The van der Waals surface area contributed by atoms with Crippen molar-refractivity contribution in [3.63, 3.8) is 0 Å². The molecule has 0 saturated carbocycles. The lowest BCUT2D eigenvalue weighted by Gasteiger charge is -2.25. The van der Waals surface area contributed by atoms with Crippen LogP contribution in [0.1, 0.15) is 87.4 Å². The number of amidine groups is 1. The second-order valence-corrected chi connectivity index (χ2v) is 13.1. The van der Waals surface area contributed by atoms with Gasteiger partial charge in [-0.3, -0.25) is 9.80 Å². The summed E-state index contributed by atoms with van der Waals surface area (Å²) in [5, 5.41) is 6.09. The lowest BCUT2D eigenvalue weighted by molar-refractivity contribution is -0.126. The Morgan fingerprint density at radius 2 is 1.90 bits per heavy atom. The average Bonchev–Trinajstić information content (AvgIpc) is 3.05. The van der Waals surface area contributed by atoms with Gasteiger partial charge in [0, 0.05) is 43.8 Å². The number of nitrogens with zero attached hydrogens (tertiary/aromatic N) is 6. The minimum Gasteiger partial charge on any atom is -0.457 e. The fraction of sp³-hybridized carbons (Fsp3) is 0.487. The molecule has 48 heavy (non-hydrogen) atoms. The number of benzene rings is 1. The van der Waals surface area contributed by atoms with E-state index in [0.717, 1.165) is 72.8 Å². The number of aromatic nitrogens is 1. The van der Waals surface area contributed by atoms with Crippen LogP contribution in [-0.2, 0) is 4.79 Å². The average molecular weight is 656 g/mol. The molecule has 9 nitrogen and oxygen atoms in total. The van der Waals surface area contributed by atoms with Crippen molar-refractivity contribution in [1.82, 2.24) is 19.8 Å². The van der Waals surface area contributed by atoms with Crippen molar-refractivity contribution in [1.29, 1.82) is 0 Å². The van der Waals surface area contributed by atoms with E-state index < -0.39 is 0 Å². The normalized spacial score (nSPS) is 15.0. The molecule has 0 radical (unpaired) electrons. The summed E-state index contributed by atoms with van der Waals surface area (Å²) in [6.07, 6.45) is 15.4. The predicted molar refractivity (Wildman–Crippen MR) is 200 cm³/mol. The third-order valence-electron chi connectivity index (χ3n) is 8.70. The van der Waals surface area contributed by atoms with Crippen molar-refractivity contribution in [2.75, 3.05) is 40.3 Å². The molecule has 1 aromatic heterocycles. The number of nitrogens with two attached hydrogens (primary N) is 1. The Morgan fingerprint density at radius 1 is 1.12 bits per heavy atom. The van der Waals surface area contributed by atoms with Gasteiger partial charge in [0.05, 0.1) is 12.2 Å². The van der Waals surface area contributed by atoms with E-state index in [-0.39, 0.29) is 11.8 Å². The van der Waals surface area contributed by atoms with Gasteiger partial charge in [-0.2, -0.15) is 5.10 Å². The molecule has 0 spiro atoms. The summed E-state index contributed by atoms with van der Waals surface area (Å²) in [6.45, 7) is 17.5. The molecule has 0 fully saturated rings. The van der Waals surface area contributed by atoms with Crippen molar-refractivity contribution < 1.29 is 9.53 Å². The molecule has 260 valence electrons. The molecule has 2 N–H and O–H groups in total. The van der Waals surface area contributed by atoms with Gasteiger partial charge in [-0.15, -0.1) is 0 Å². The van der Waals surface area contributed by atoms with Gasteiger partial charge in [0.1, 0.15) is 23.0 Å². The quantitative estimate of drug-likeness (QED) is 0.108. The molecule has 0 saturated heterocycles. The molecule has 2 aromatic rings. The first kappa shape index (κ1) is 38.2. The minimum atomic E-state index is 0.0882. The SMILES string of the molecule is C/C=N\N1C=CC(Oc2ccc(N=C(N)c3nc(C)c(C(C)CCN(CCCC(C)CC)C(=O)/C=C/CN(C)C)cc3C)cc2C)=CC1. The van der Waals surface area contributed by atoms with E-state index >= 15 is 0 Å². The monoisotopic (exact) mass is 655 g/mol. The Hall–Kier alpha value is -4.24. The summed E-state index contributed by atoms with van der Waals surface area (Å²) < 4.78 is 6.11. The van der Waals surface area contributed by atoms with Crippen molar-refractivity contribution in [2.45, 2.75) is 80.1 Å². The number of carbonyl (C=O) groups is 1. The lowest BCUT2D eigenvalue weighted by atomic mass is 9.94. The van der Waals surface area contributed by atoms with Crippen LogP contribution in [0.25, 0.3) is 0 Å². The Balaban J connectivity index is 1.69. The molecule has 9 heteroatoms. The number of hydrazone groups is 1. The van der Waals surface area contributed by atoms with Crippen LogP contribution in [0, 0.1) is 26.7 Å². The fourth-order valence-corrected chi connectivity index (χ4v) is 5.54. The summed E-state index contributed by atoms with van der Waals surface area (Å²) in [7, 11) is 4.01. The first-order valence-corrected chi connectivity index (χ1v) is 17.3. The number of aliphatic imine (C=N–C) groups is 1. The van der Waals surface area contributed by atoms with Crippen LogP contribution < -0.4 is 10.5 Å². The van der Waals surface area contributed by atoms with E-state index in [1.165, 1.54) is 5.56 Å². The van der Waals surface area contributed by atoms with Crippen molar-refractivity contribution in [2.24, 2.45) is 21.7 Å². The number of amides is 1. The first-order valence-electron chi connectivity index (χ1n) is 17.3. The van der Waals surface area contributed by atoms with Crippen LogP contribution in [0.2, 0.25) is 0 Å². The van der Waals surface area contributed by atoms with Gasteiger partial charge in [0.15, 0.2) is 0 Å². The van der Waals surface area contributed by atoms with Crippen LogP contribution in [0.3, 0.4) is 0 Å². The van der Waals surface area contributed by atoms with Crippen molar-refractivity contribution >= 4 is 23.6 Å². The van der Waals surface area contributed by atoms with Gasteiger partial charge >= 0.3 is 0 Å². The number of rotatable bonds is 17. The highest BCUT2D eigenvalue weighted by Crippen LogP contribution is 2.28.